The number of hydrogen-bond donors (Lipinski definition) is 3. The first kappa shape index (κ1) is 36.8. The lowest BCUT2D eigenvalue weighted by Crippen LogP contribution is -2.36. The number of nitrogens with one attached hydrogen (secondary N) is 2. The summed E-state index contributed by atoms with van der Waals surface area (Å²) >= 11 is 0. The van der Waals surface area contributed by atoms with Gasteiger partial charge in [-0.15, -0.1) is 10.2 Å². The van der Waals surface area contributed by atoms with Crippen LogP contribution in [0.1, 0.15) is 103 Å². The minimum Gasteiger partial charge on any atom is -0.443 e. The normalized spacial score (nSPS) is 15.4. The van der Waals surface area contributed by atoms with Crippen molar-refractivity contribution < 1.29 is 46.1 Å². The molecule has 2 fully saturated rings. The molecule has 0 radical (unpaired) electrons. The molecular formula is C30H38F3N11O7. The number of aromatic nitrogens is 8. The van der Waals surface area contributed by atoms with Crippen molar-refractivity contribution in [1.29, 1.82) is 0 Å². The first-order chi connectivity index (χ1) is 24.5. The van der Waals surface area contributed by atoms with Crippen molar-refractivity contribution in [3.05, 3.63) is 58.8 Å². The molecule has 18 nitrogen and oxygen atoms in total. The summed E-state index contributed by atoms with van der Waals surface area (Å²) in [6.45, 7) is 0.175. The third kappa shape index (κ3) is 11.8. The van der Waals surface area contributed by atoms with E-state index in [2.05, 4.69) is 46.1 Å². The topological polar surface area (TPSA) is 233 Å². The van der Waals surface area contributed by atoms with Gasteiger partial charge in [0, 0.05) is 24.2 Å². The minimum atomic E-state index is -4.59. The predicted molar refractivity (Wildman–Crippen MR) is 165 cm³/mol. The van der Waals surface area contributed by atoms with Crippen molar-refractivity contribution in [3.63, 3.8) is 0 Å². The van der Waals surface area contributed by atoms with E-state index in [0.29, 0.717) is 17.1 Å². The van der Waals surface area contributed by atoms with Gasteiger partial charge in [0.1, 0.15) is 36.0 Å². The Labute approximate surface area is 288 Å². The molecule has 2 aliphatic carbocycles. The van der Waals surface area contributed by atoms with E-state index < -0.39 is 30.0 Å². The maximum absolute atomic E-state index is 12.5. The number of carbonyl (C=O) groups excluding carboxylic acids is 3. The van der Waals surface area contributed by atoms with Gasteiger partial charge in [-0.1, -0.05) is 59.3 Å². The lowest BCUT2D eigenvalue weighted by molar-refractivity contribution is -0.155. The molecule has 276 valence electrons. The SMILES string of the molecule is NC(=O)c1cc(Cn2cc(COC(=O)NC3CCCCC3)nn2)no1.O=C(NC1CCCCC1)OCc1cn(Cc2cc(C(F)(F)F)on2)nn1. The Hall–Kier alpha value is -5.50. The van der Waals surface area contributed by atoms with Gasteiger partial charge < -0.3 is 34.9 Å². The zero-order valence-corrected chi connectivity index (χ0v) is 27.5. The van der Waals surface area contributed by atoms with Crippen LogP contribution in [0.15, 0.2) is 33.6 Å². The second-order valence-corrected chi connectivity index (χ2v) is 12.2. The number of alkyl halides is 3. The van der Waals surface area contributed by atoms with Crippen LogP contribution in [0.3, 0.4) is 0 Å². The molecule has 0 unspecified atom stereocenters. The molecule has 3 amide bonds. The molecule has 51 heavy (non-hydrogen) atoms. The second kappa shape index (κ2) is 17.4. The fourth-order valence-electron chi connectivity index (χ4n) is 5.51. The number of carbonyl (C=O) groups is 3. The van der Waals surface area contributed by atoms with E-state index in [1.165, 1.54) is 34.5 Å². The molecule has 0 aliphatic heterocycles. The van der Waals surface area contributed by atoms with Crippen molar-refractivity contribution >= 4 is 18.1 Å². The molecule has 0 aromatic carbocycles. The van der Waals surface area contributed by atoms with Gasteiger partial charge >= 0.3 is 18.4 Å². The number of nitrogens with zero attached hydrogens (tertiary/aromatic N) is 8. The Morgan fingerprint density at radius 3 is 1.65 bits per heavy atom. The number of amides is 3. The number of alkyl carbamates (subject to hydrolysis) is 2. The first-order valence-corrected chi connectivity index (χ1v) is 16.4. The highest BCUT2D eigenvalue weighted by molar-refractivity contribution is 5.89. The van der Waals surface area contributed by atoms with Crippen molar-refractivity contribution in [2.24, 2.45) is 5.73 Å². The third-order valence-corrected chi connectivity index (χ3v) is 8.02. The van der Waals surface area contributed by atoms with Crippen LogP contribution in [0, 0.1) is 0 Å². The van der Waals surface area contributed by atoms with Crippen molar-refractivity contribution in [2.45, 2.75) is 109 Å². The van der Waals surface area contributed by atoms with Gasteiger partial charge in [0.15, 0.2) is 0 Å². The average molecular weight is 722 g/mol. The highest BCUT2D eigenvalue weighted by Gasteiger charge is 2.36. The molecule has 4 heterocycles. The van der Waals surface area contributed by atoms with Crippen molar-refractivity contribution in [3.8, 4) is 0 Å². The van der Waals surface area contributed by atoms with E-state index >= 15 is 0 Å². The molecule has 0 saturated heterocycles. The number of ether oxygens (including phenoxy) is 2. The van der Waals surface area contributed by atoms with Crippen LogP contribution in [0.4, 0.5) is 22.8 Å². The molecular weight excluding hydrogens is 683 g/mol. The maximum atomic E-state index is 12.5. The monoisotopic (exact) mass is 721 g/mol. The van der Waals surface area contributed by atoms with Gasteiger partial charge in [-0.25, -0.2) is 19.0 Å². The average Bonchev–Trinajstić information content (AvgIpc) is 3.93. The third-order valence-electron chi connectivity index (χ3n) is 8.02. The quantitative estimate of drug-likeness (QED) is 0.200. The summed E-state index contributed by atoms with van der Waals surface area (Å²) < 4.78 is 59.5. The molecule has 2 aliphatic rings. The fraction of sp³-hybridized carbons (Fsp3) is 0.567. The van der Waals surface area contributed by atoms with Crippen LogP contribution in [-0.2, 0) is 42.0 Å². The van der Waals surface area contributed by atoms with Crippen LogP contribution in [0.2, 0.25) is 0 Å². The highest BCUT2D eigenvalue weighted by Crippen LogP contribution is 2.29. The number of rotatable bonds is 11. The fourth-order valence-corrected chi connectivity index (χ4v) is 5.51. The summed E-state index contributed by atoms with van der Waals surface area (Å²) in [5, 5.41) is 28.2. The van der Waals surface area contributed by atoms with E-state index in [0.717, 1.165) is 57.4 Å². The molecule has 0 atom stereocenters. The summed E-state index contributed by atoms with van der Waals surface area (Å²) in [5.41, 5.74) is 6.53. The molecule has 0 spiro atoms. The first-order valence-electron chi connectivity index (χ1n) is 16.4. The van der Waals surface area contributed by atoms with Crippen LogP contribution in [0.5, 0.6) is 0 Å². The lowest BCUT2D eigenvalue weighted by Gasteiger charge is -2.22. The summed E-state index contributed by atoms with van der Waals surface area (Å²) in [6.07, 6.45) is 8.32. The zero-order chi connectivity index (χ0) is 36.2. The van der Waals surface area contributed by atoms with Gasteiger partial charge in [-0.05, 0) is 25.7 Å². The molecule has 4 N–H and O–H groups in total. The Morgan fingerprint density at radius 2 is 1.22 bits per heavy atom. The molecule has 4 aromatic heterocycles. The predicted octanol–water partition coefficient (Wildman–Crippen LogP) is 3.86. The van der Waals surface area contributed by atoms with Crippen molar-refractivity contribution in [2.75, 3.05) is 0 Å². The van der Waals surface area contributed by atoms with Crippen LogP contribution in [-0.4, -0.2) is 70.5 Å². The summed E-state index contributed by atoms with van der Waals surface area (Å²) in [5.74, 6) is -1.87. The van der Waals surface area contributed by atoms with Gasteiger partial charge in [-0.3, -0.25) is 4.79 Å². The van der Waals surface area contributed by atoms with E-state index in [4.69, 9.17) is 19.7 Å². The smallest absolute Gasteiger partial charge is 0.443 e. The highest BCUT2D eigenvalue weighted by atomic mass is 19.4. The molecule has 21 heteroatoms. The summed E-state index contributed by atoms with van der Waals surface area (Å²) in [6, 6.07) is 2.58. The zero-order valence-electron chi connectivity index (χ0n) is 27.5. The van der Waals surface area contributed by atoms with E-state index in [-0.39, 0.29) is 49.8 Å². The van der Waals surface area contributed by atoms with Crippen LogP contribution in [0.25, 0.3) is 0 Å². The molecule has 2 saturated carbocycles. The Kier molecular flexibility index (Phi) is 12.6. The van der Waals surface area contributed by atoms with Crippen molar-refractivity contribution in [1.82, 2.24) is 50.9 Å². The largest absolute Gasteiger partial charge is 0.452 e. The van der Waals surface area contributed by atoms with Gasteiger partial charge in [0.05, 0.1) is 25.5 Å². The van der Waals surface area contributed by atoms with E-state index in [9.17, 15) is 27.6 Å². The molecule has 0 bridgehead atoms. The van der Waals surface area contributed by atoms with Gasteiger partial charge in [0.2, 0.25) is 11.5 Å². The lowest BCUT2D eigenvalue weighted by atomic mass is 9.96. The summed E-state index contributed by atoms with van der Waals surface area (Å²) in [7, 11) is 0. The maximum Gasteiger partial charge on any atom is 0.452 e. The van der Waals surface area contributed by atoms with Crippen LogP contribution < -0.4 is 16.4 Å². The Balaban J connectivity index is 0.000000198. The van der Waals surface area contributed by atoms with E-state index in [1.54, 1.807) is 6.20 Å². The van der Waals surface area contributed by atoms with E-state index in [1.807, 2.05) is 0 Å². The van der Waals surface area contributed by atoms with Gasteiger partial charge in [0.25, 0.3) is 5.91 Å². The van der Waals surface area contributed by atoms with Gasteiger partial charge in [-0.2, -0.15) is 13.2 Å². The molecule has 4 aromatic rings. The Morgan fingerprint density at radius 1 is 0.745 bits per heavy atom. The molecule has 6 rings (SSSR count). The number of hydrogen-bond acceptors (Lipinski definition) is 13. The number of halogens is 3. The Bertz CT molecular complexity index is 1720. The standard InChI is InChI=1S/C15H18F3N5O3.C15H20N6O4/c16-15(17,18)13-6-11(21-26-13)7-23-8-12(20-22-23)9-25-14(24)19-10-4-2-1-3-5-10;16-14(22)13-6-11(19-25-13)7-21-8-12(18-20-21)9-24-15(23)17-10-4-2-1-3-5-10/h6,8,10H,1-5,7,9H2,(H,19,24);6,8,10H,1-5,7,9H2,(H2,16,22)(H,17,23). The summed E-state index contributed by atoms with van der Waals surface area (Å²) in [4.78, 5) is 34.5. The minimum absolute atomic E-state index is 0.0157. The number of primary amides is 1. The second-order valence-electron chi connectivity index (χ2n) is 12.2. The van der Waals surface area contributed by atoms with Crippen LogP contribution >= 0.6 is 0 Å². The number of nitrogens with two attached hydrogens (primary N) is 1.